The van der Waals surface area contributed by atoms with Crippen molar-refractivity contribution >= 4 is 17.8 Å². The number of carbonyl (C=O) groups excluding carboxylic acids is 3. The second-order valence-electron chi connectivity index (χ2n) is 7.91. The van der Waals surface area contributed by atoms with Gasteiger partial charge in [-0.1, -0.05) is 49.6 Å². The summed E-state index contributed by atoms with van der Waals surface area (Å²) in [6.45, 7) is 0.0835. The number of hydrogen-bond donors (Lipinski definition) is 2. The third-order valence-electron chi connectivity index (χ3n) is 5.70. The molecule has 8 nitrogen and oxygen atoms in total. The molecule has 2 N–H and O–H groups in total. The number of imide groups is 1. The van der Waals surface area contributed by atoms with Crippen LogP contribution in [0.3, 0.4) is 0 Å². The van der Waals surface area contributed by atoms with E-state index >= 15 is 0 Å². The lowest BCUT2D eigenvalue weighted by atomic mass is 9.95. The Bertz CT molecular complexity index is 819. The summed E-state index contributed by atoms with van der Waals surface area (Å²) in [5.41, 5.74) is 4.43. The van der Waals surface area contributed by atoms with Crippen molar-refractivity contribution in [2.45, 2.75) is 50.7 Å². The number of nitrogens with zero attached hydrogens (tertiary/aromatic N) is 3. The van der Waals surface area contributed by atoms with Gasteiger partial charge in [-0.2, -0.15) is 0 Å². The predicted octanol–water partition coefficient (Wildman–Crippen LogP) is 1.56. The number of benzene rings is 1. The molecule has 4 rings (SSSR count). The maximum Gasteiger partial charge on any atom is 0.331 e. The smallest absolute Gasteiger partial charge is 0.331 e. The normalized spacial score (nSPS) is 22.6. The van der Waals surface area contributed by atoms with Gasteiger partial charge < -0.3 is 10.3 Å². The van der Waals surface area contributed by atoms with Crippen LogP contribution in [0.4, 0.5) is 4.79 Å². The van der Waals surface area contributed by atoms with Crippen LogP contribution < -0.4 is 10.7 Å². The maximum absolute atomic E-state index is 13.2. The Labute approximate surface area is 170 Å². The summed E-state index contributed by atoms with van der Waals surface area (Å²) >= 11 is 0. The molecule has 1 aromatic carbocycles. The van der Waals surface area contributed by atoms with Crippen LogP contribution in [0.25, 0.3) is 0 Å². The van der Waals surface area contributed by atoms with Crippen LogP contribution in [0.1, 0.15) is 37.7 Å². The van der Waals surface area contributed by atoms with Crippen molar-refractivity contribution in [1.29, 1.82) is 0 Å². The molecule has 1 saturated carbocycles. The first-order valence-corrected chi connectivity index (χ1v) is 10.2. The number of carbonyl (C=O) groups is 3. The van der Waals surface area contributed by atoms with Gasteiger partial charge in [0.05, 0.1) is 12.2 Å². The minimum Gasteiger partial charge on any atom is -0.352 e. The zero-order valence-corrected chi connectivity index (χ0v) is 16.6. The highest BCUT2D eigenvalue weighted by Gasteiger charge is 2.46. The molecule has 0 aromatic heterocycles. The van der Waals surface area contributed by atoms with Crippen molar-refractivity contribution < 1.29 is 14.4 Å². The molecule has 0 spiro atoms. The highest BCUT2D eigenvalue weighted by Crippen LogP contribution is 2.27. The fraction of sp³-hybridized carbons (Fsp3) is 0.476. The molecule has 1 unspecified atom stereocenters. The summed E-state index contributed by atoms with van der Waals surface area (Å²) in [6.07, 6.45) is 7.11. The van der Waals surface area contributed by atoms with Crippen LogP contribution in [0.15, 0.2) is 42.2 Å². The van der Waals surface area contributed by atoms with E-state index in [0.717, 1.165) is 31.2 Å². The number of amides is 4. The van der Waals surface area contributed by atoms with Gasteiger partial charge in [0, 0.05) is 19.3 Å². The molecule has 2 aliphatic heterocycles. The van der Waals surface area contributed by atoms with Gasteiger partial charge in [-0.15, -0.1) is 0 Å². The number of fused-ring (bicyclic) bond motifs is 1. The van der Waals surface area contributed by atoms with Crippen LogP contribution in [0.2, 0.25) is 0 Å². The number of urea groups is 1. The zero-order valence-electron chi connectivity index (χ0n) is 16.6. The van der Waals surface area contributed by atoms with Gasteiger partial charge in [-0.05, 0) is 18.4 Å². The quantitative estimate of drug-likeness (QED) is 0.788. The third-order valence-corrected chi connectivity index (χ3v) is 5.70. The molecular weight excluding hydrogens is 370 g/mol. The molecule has 0 radical (unpaired) electrons. The SMILES string of the molecule is CN1C=C2C(N1)C(=O)N(Cc1ccccc1)C(=O)N2CC(=O)NC1CCCCC1. The van der Waals surface area contributed by atoms with Gasteiger partial charge in [-0.3, -0.25) is 19.4 Å². The average Bonchev–Trinajstić information content (AvgIpc) is 3.12. The van der Waals surface area contributed by atoms with Crippen LogP contribution in [0.5, 0.6) is 0 Å². The van der Waals surface area contributed by atoms with E-state index in [-0.39, 0.29) is 30.9 Å². The van der Waals surface area contributed by atoms with Gasteiger partial charge in [0.25, 0.3) is 5.91 Å². The summed E-state index contributed by atoms with van der Waals surface area (Å²) in [5.74, 6) is -0.494. The summed E-state index contributed by atoms with van der Waals surface area (Å²) < 4.78 is 0. The van der Waals surface area contributed by atoms with Gasteiger partial charge in [0.2, 0.25) is 5.91 Å². The molecule has 4 amide bonds. The minimum atomic E-state index is -0.663. The van der Waals surface area contributed by atoms with Crippen molar-refractivity contribution in [2.24, 2.45) is 0 Å². The molecule has 29 heavy (non-hydrogen) atoms. The number of nitrogens with one attached hydrogen (secondary N) is 2. The minimum absolute atomic E-state index is 0.0915. The second kappa shape index (κ2) is 8.24. The number of rotatable bonds is 5. The predicted molar refractivity (Wildman–Crippen MR) is 107 cm³/mol. The van der Waals surface area contributed by atoms with E-state index in [4.69, 9.17) is 0 Å². The Hall–Kier alpha value is -2.87. The lowest BCUT2D eigenvalue weighted by Crippen LogP contribution is -2.61. The van der Waals surface area contributed by atoms with Crippen molar-refractivity contribution in [1.82, 2.24) is 25.6 Å². The molecule has 2 heterocycles. The van der Waals surface area contributed by atoms with Gasteiger partial charge >= 0.3 is 6.03 Å². The third kappa shape index (κ3) is 4.12. The lowest BCUT2D eigenvalue weighted by molar-refractivity contribution is -0.134. The summed E-state index contributed by atoms with van der Waals surface area (Å²) in [5, 5.41) is 4.71. The maximum atomic E-state index is 13.2. The first kappa shape index (κ1) is 19.4. The number of hydrazine groups is 1. The Balaban J connectivity index is 1.52. The lowest BCUT2D eigenvalue weighted by Gasteiger charge is -2.38. The van der Waals surface area contributed by atoms with Gasteiger partial charge in [0.1, 0.15) is 12.6 Å². The van der Waals surface area contributed by atoms with Crippen LogP contribution in [0, 0.1) is 0 Å². The zero-order chi connectivity index (χ0) is 20.4. The van der Waals surface area contributed by atoms with E-state index in [9.17, 15) is 14.4 Å². The summed E-state index contributed by atoms with van der Waals surface area (Å²) in [4.78, 5) is 41.5. The average molecular weight is 397 g/mol. The molecular formula is C21H27N5O3. The van der Waals surface area contributed by atoms with E-state index in [1.165, 1.54) is 16.2 Å². The van der Waals surface area contributed by atoms with Crippen molar-refractivity contribution in [3.63, 3.8) is 0 Å². The van der Waals surface area contributed by atoms with Crippen molar-refractivity contribution in [3.05, 3.63) is 47.8 Å². The highest BCUT2D eigenvalue weighted by atomic mass is 16.2. The molecule has 1 aromatic rings. The van der Waals surface area contributed by atoms with Crippen LogP contribution >= 0.6 is 0 Å². The van der Waals surface area contributed by atoms with Crippen LogP contribution in [-0.2, 0) is 16.1 Å². The topological polar surface area (TPSA) is 85.0 Å². The number of hydrogen-bond acceptors (Lipinski definition) is 5. The molecule has 1 atom stereocenters. The molecule has 8 heteroatoms. The fourth-order valence-electron chi connectivity index (χ4n) is 4.23. The Morgan fingerprint density at radius 1 is 1.10 bits per heavy atom. The second-order valence-corrected chi connectivity index (χ2v) is 7.91. The van der Waals surface area contributed by atoms with Crippen molar-refractivity contribution in [3.8, 4) is 0 Å². The van der Waals surface area contributed by atoms with Gasteiger partial charge in [0.15, 0.2) is 0 Å². The standard InChI is InChI=1S/C21H27N5O3/c1-24-13-17-19(23-24)20(28)26(12-15-8-4-2-5-9-15)21(29)25(17)14-18(27)22-16-10-6-3-7-11-16/h2,4-5,8-9,13,16,19,23H,3,6-7,10-12,14H2,1H3,(H,22,27). The highest BCUT2D eigenvalue weighted by molar-refractivity contribution is 6.04. The van der Waals surface area contributed by atoms with E-state index in [0.29, 0.717) is 5.70 Å². The molecule has 1 aliphatic carbocycles. The molecule has 1 saturated heterocycles. The van der Waals surface area contributed by atoms with E-state index in [1.807, 2.05) is 30.3 Å². The van der Waals surface area contributed by atoms with E-state index in [2.05, 4.69) is 10.7 Å². The van der Waals surface area contributed by atoms with Crippen molar-refractivity contribution in [2.75, 3.05) is 13.6 Å². The summed E-state index contributed by atoms with van der Waals surface area (Å²) in [6, 6.07) is 8.43. The van der Waals surface area contributed by atoms with Crippen LogP contribution in [-0.4, -0.2) is 58.3 Å². The Kier molecular flexibility index (Phi) is 5.53. The largest absolute Gasteiger partial charge is 0.352 e. The van der Waals surface area contributed by atoms with Gasteiger partial charge in [-0.25, -0.2) is 10.2 Å². The monoisotopic (exact) mass is 397 g/mol. The molecule has 2 fully saturated rings. The first-order chi connectivity index (χ1) is 14.0. The molecule has 3 aliphatic rings. The van der Waals surface area contributed by atoms with E-state index in [1.54, 1.807) is 18.3 Å². The first-order valence-electron chi connectivity index (χ1n) is 10.2. The Morgan fingerprint density at radius 2 is 1.83 bits per heavy atom. The summed E-state index contributed by atoms with van der Waals surface area (Å²) in [7, 11) is 1.77. The molecule has 154 valence electrons. The van der Waals surface area contributed by atoms with E-state index < -0.39 is 12.1 Å². The fourth-order valence-corrected chi connectivity index (χ4v) is 4.23. The Morgan fingerprint density at radius 3 is 2.55 bits per heavy atom. The molecule has 0 bridgehead atoms.